The summed E-state index contributed by atoms with van der Waals surface area (Å²) in [5.41, 5.74) is 1.28. The molecule has 5 rings (SSSR count). The van der Waals surface area contributed by atoms with E-state index in [4.69, 9.17) is 9.47 Å². The molecule has 2 aliphatic heterocycles. The molecule has 11 nitrogen and oxygen atoms in total. The number of nitro groups is 1. The van der Waals surface area contributed by atoms with Gasteiger partial charge in [-0.3, -0.25) is 10.1 Å². The maximum atomic E-state index is 12.9. The number of hydrogen-bond acceptors (Lipinski definition) is 9. The van der Waals surface area contributed by atoms with Crippen molar-refractivity contribution >= 4 is 21.5 Å². The standard InChI is InChI=1S/C21H19N5O6S/c27-26(28)16-2-1-3-17(13-16)33(29,30)25-10-8-24(9-11-25)21-7-5-18(22-23-21)15-4-6-19-20(12-15)32-14-31-19/h1-7,12-13H,8-11,14H2. The zero-order valence-electron chi connectivity index (χ0n) is 17.3. The number of hydrogen-bond donors (Lipinski definition) is 0. The van der Waals surface area contributed by atoms with Crippen LogP contribution in [0.2, 0.25) is 0 Å². The van der Waals surface area contributed by atoms with Crippen molar-refractivity contribution in [2.45, 2.75) is 4.90 Å². The molecule has 1 fully saturated rings. The molecule has 33 heavy (non-hydrogen) atoms. The van der Waals surface area contributed by atoms with E-state index in [0.717, 1.165) is 11.6 Å². The first kappa shape index (κ1) is 21.1. The number of anilines is 1. The second-order valence-corrected chi connectivity index (χ2v) is 9.43. The van der Waals surface area contributed by atoms with Crippen LogP contribution in [0.3, 0.4) is 0 Å². The van der Waals surface area contributed by atoms with Crippen molar-refractivity contribution in [3.63, 3.8) is 0 Å². The minimum Gasteiger partial charge on any atom is -0.454 e. The van der Waals surface area contributed by atoms with E-state index in [2.05, 4.69) is 10.2 Å². The summed E-state index contributed by atoms with van der Waals surface area (Å²) in [7, 11) is -3.83. The summed E-state index contributed by atoms with van der Waals surface area (Å²) in [4.78, 5) is 12.2. The molecule has 0 saturated carbocycles. The van der Waals surface area contributed by atoms with Crippen LogP contribution in [0.5, 0.6) is 11.5 Å². The molecule has 3 heterocycles. The van der Waals surface area contributed by atoms with E-state index in [0.29, 0.717) is 36.1 Å². The molecule has 0 N–H and O–H groups in total. The Morgan fingerprint density at radius 3 is 2.42 bits per heavy atom. The van der Waals surface area contributed by atoms with Crippen LogP contribution in [0.1, 0.15) is 0 Å². The Morgan fingerprint density at radius 1 is 0.909 bits per heavy atom. The number of fused-ring (bicyclic) bond motifs is 1. The summed E-state index contributed by atoms with van der Waals surface area (Å²) in [5, 5.41) is 19.6. The fourth-order valence-electron chi connectivity index (χ4n) is 3.77. The second kappa shape index (κ2) is 8.30. The monoisotopic (exact) mass is 469 g/mol. The summed E-state index contributed by atoms with van der Waals surface area (Å²) >= 11 is 0. The molecule has 170 valence electrons. The first-order valence-electron chi connectivity index (χ1n) is 10.2. The smallest absolute Gasteiger partial charge is 0.270 e. The highest BCUT2D eigenvalue weighted by Gasteiger charge is 2.30. The van der Waals surface area contributed by atoms with Crippen LogP contribution in [-0.2, 0) is 10.0 Å². The van der Waals surface area contributed by atoms with Gasteiger partial charge in [0.1, 0.15) is 0 Å². The lowest BCUT2D eigenvalue weighted by Crippen LogP contribution is -2.49. The molecular formula is C21H19N5O6S. The summed E-state index contributed by atoms with van der Waals surface area (Å²) in [5.74, 6) is 2.01. The van der Waals surface area contributed by atoms with Crippen molar-refractivity contribution in [3.05, 3.63) is 64.7 Å². The normalized spacial score (nSPS) is 16.1. The largest absolute Gasteiger partial charge is 0.454 e. The molecule has 12 heteroatoms. The molecule has 1 aromatic heterocycles. The Morgan fingerprint density at radius 2 is 1.70 bits per heavy atom. The third kappa shape index (κ3) is 4.05. The van der Waals surface area contributed by atoms with Gasteiger partial charge < -0.3 is 14.4 Å². The van der Waals surface area contributed by atoms with Crippen LogP contribution >= 0.6 is 0 Å². The van der Waals surface area contributed by atoms with Crippen molar-refractivity contribution in [3.8, 4) is 22.8 Å². The highest BCUT2D eigenvalue weighted by molar-refractivity contribution is 7.89. The Labute approximate surface area is 189 Å². The van der Waals surface area contributed by atoms with Crippen LogP contribution in [-0.4, -0.2) is 60.8 Å². The first-order valence-corrected chi connectivity index (χ1v) is 11.6. The van der Waals surface area contributed by atoms with Gasteiger partial charge in [-0.05, 0) is 36.4 Å². The van der Waals surface area contributed by atoms with Gasteiger partial charge in [-0.1, -0.05) is 6.07 Å². The third-order valence-electron chi connectivity index (χ3n) is 5.55. The van der Waals surface area contributed by atoms with Gasteiger partial charge in [-0.25, -0.2) is 8.42 Å². The van der Waals surface area contributed by atoms with E-state index in [1.165, 1.54) is 22.5 Å². The van der Waals surface area contributed by atoms with Crippen LogP contribution in [0, 0.1) is 10.1 Å². The molecule has 0 aliphatic carbocycles. The van der Waals surface area contributed by atoms with E-state index in [-0.39, 0.29) is 30.5 Å². The number of rotatable bonds is 5. The predicted molar refractivity (Wildman–Crippen MR) is 118 cm³/mol. The highest BCUT2D eigenvalue weighted by Crippen LogP contribution is 2.35. The minimum atomic E-state index is -3.83. The molecule has 1 saturated heterocycles. The van der Waals surface area contributed by atoms with Crippen molar-refractivity contribution in [1.29, 1.82) is 0 Å². The molecule has 2 aromatic carbocycles. The molecule has 0 radical (unpaired) electrons. The zero-order chi connectivity index (χ0) is 23.0. The lowest BCUT2D eigenvalue weighted by atomic mass is 10.1. The lowest BCUT2D eigenvalue weighted by molar-refractivity contribution is -0.385. The van der Waals surface area contributed by atoms with E-state index in [1.54, 1.807) is 0 Å². The van der Waals surface area contributed by atoms with Gasteiger partial charge in [-0.2, -0.15) is 4.31 Å². The Kier molecular flexibility index (Phi) is 5.30. The maximum Gasteiger partial charge on any atom is 0.270 e. The topological polar surface area (TPSA) is 128 Å². The Bertz CT molecular complexity index is 1310. The molecule has 0 unspecified atom stereocenters. The Hall–Kier alpha value is -3.77. The first-order chi connectivity index (χ1) is 15.9. The van der Waals surface area contributed by atoms with E-state index >= 15 is 0 Å². The van der Waals surface area contributed by atoms with Crippen molar-refractivity contribution in [2.24, 2.45) is 0 Å². The summed E-state index contributed by atoms with van der Waals surface area (Å²) in [6, 6.07) is 14.4. The molecule has 2 aliphatic rings. The Balaban J connectivity index is 1.26. The number of non-ortho nitro benzene ring substituents is 1. The van der Waals surface area contributed by atoms with Crippen LogP contribution in [0.4, 0.5) is 11.5 Å². The molecule has 0 atom stereocenters. The molecule has 0 bridgehead atoms. The fourth-order valence-corrected chi connectivity index (χ4v) is 5.23. The van der Waals surface area contributed by atoms with Crippen molar-refractivity contribution in [2.75, 3.05) is 37.9 Å². The average Bonchev–Trinajstić information content (AvgIpc) is 3.32. The second-order valence-electron chi connectivity index (χ2n) is 7.49. The highest BCUT2D eigenvalue weighted by atomic mass is 32.2. The van der Waals surface area contributed by atoms with E-state index in [9.17, 15) is 18.5 Å². The van der Waals surface area contributed by atoms with Crippen molar-refractivity contribution in [1.82, 2.24) is 14.5 Å². The van der Waals surface area contributed by atoms with Crippen LogP contribution in [0.15, 0.2) is 59.5 Å². The predicted octanol–water partition coefficient (Wildman–Crippen LogP) is 2.29. The van der Waals surface area contributed by atoms with Gasteiger partial charge in [0, 0.05) is 43.9 Å². The molecule has 0 amide bonds. The van der Waals surface area contributed by atoms with E-state index < -0.39 is 14.9 Å². The summed E-state index contributed by atoms with van der Waals surface area (Å²) in [6.07, 6.45) is 0. The van der Waals surface area contributed by atoms with E-state index in [1.807, 2.05) is 35.2 Å². The van der Waals surface area contributed by atoms with Gasteiger partial charge in [0.25, 0.3) is 5.69 Å². The number of ether oxygens (including phenoxy) is 2. The fraction of sp³-hybridized carbons (Fsp3) is 0.238. The number of nitrogens with zero attached hydrogens (tertiary/aromatic N) is 5. The minimum absolute atomic E-state index is 0.0852. The molecular weight excluding hydrogens is 450 g/mol. The maximum absolute atomic E-state index is 12.9. The van der Waals surface area contributed by atoms with Crippen LogP contribution < -0.4 is 14.4 Å². The number of benzene rings is 2. The van der Waals surface area contributed by atoms with Gasteiger partial charge in [0.05, 0.1) is 15.5 Å². The number of nitro benzene ring substituents is 1. The number of aromatic nitrogens is 2. The quantitative estimate of drug-likeness (QED) is 0.408. The molecule has 0 spiro atoms. The SMILES string of the molecule is O=[N+]([O-])c1cccc(S(=O)(=O)N2CCN(c3ccc(-c4ccc5c(c4)OCO5)nn3)CC2)c1. The van der Waals surface area contributed by atoms with Gasteiger partial charge in [-0.15, -0.1) is 10.2 Å². The van der Waals surface area contributed by atoms with Crippen molar-refractivity contribution < 1.29 is 22.8 Å². The average molecular weight is 469 g/mol. The van der Waals surface area contributed by atoms with Gasteiger partial charge >= 0.3 is 0 Å². The summed E-state index contributed by atoms with van der Waals surface area (Å²) in [6.45, 7) is 1.51. The number of piperazine rings is 1. The van der Waals surface area contributed by atoms with Gasteiger partial charge in [0.15, 0.2) is 17.3 Å². The van der Waals surface area contributed by atoms with Crippen LogP contribution in [0.25, 0.3) is 11.3 Å². The van der Waals surface area contributed by atoms with Gasteiger partial charge in [0.2, 0.25) is 16.8 Å². The molecule has 3 aromatic rings. The lowest BCUT2D eigenvalue weighted by Gasteiger charge is -2.34. The zero-order valence-corrected chi connectivity index (χ0v) is 18.1. The number of sulfonamides is 1. The third-order valence-corrected chi connectivity index (χ3v) is 7.44. The summed E-state index contributed by atoms with van der Waals surface area (Å²) < 4.78 is 37.9.